The Labute approximate surface area is 157 Å². The molecule has 2 aliphatic rings. The van der Waals surface area contributed by atoms with Gasteiger partial charge in [-0.15, -0.1) is 0 Å². The molecule has 0 saturated carbocycles. The van der Waals surface area contributed by atoms with E-state index in [0.29, 0.717) is 18.8 Å². The Balaban J connectivity index is 0.000000279. The summed E-state index contributed by atoms with van der Waals surface area (Å²) < 4.78 is 25.2. The minimum absolute atomic E-state index is 0.0894. The lowest BCUT2D eigenvalue weighted by molar-refractivity contribution is -0.134. The molecular formula is C19H24FNO6. The normalized spacial score (nSPS) is 19.3. The minimum atomic E-state index is -1.26. The van der Waals surface area contributed by atoms with Crippen molar-refractivity contribution in [2.24, 2.45) is 0 Å². The first-order valence-corrected chi connectivity index (χ1v) is 8.74. The number of aliphatic carboxylic acids is 2. The van der Waals surface area contributed by atoms with Gasteiger partial charge in [-0.3, -0.25) is 0 Å². The summed E-state index contributed by atoms with van der Waals surface area (Å²) in [6.45, 7) is 3.17. The van der Waals surface area contributed by atoms with Gasteiger partial charge in [0.15, 0.2) is 0 Å². The summed E-state index contributed by atoms with van der Waals surface area (Å²) in [5, 5.41) is 15.6. The Bertz CT molecular complexity index is 690. The number of morpholine rings is 1. The second kappa shape index (κ2) is 10.0. The van der Waals surface area contributed by atoms with Gasteiger partial charge in [-0.1, -0.05) is 0 Å². The molecule has 0 radical (unpaired) electrons. The summed E-state index contributed by atoms with van der Waals surface area (Å²) >= 11 is 0. The van der Waals surface area contributed by atoms with E-state index in [-0.39, 0.29) is 11.9 Å². The second-order valence-electron chi connectivity index (χ2n) is 6.43. The standard InChI is InChI=1S/C15H20FNO2.C4H4O4/c1-17-7-8-18-11(9-17)10-19-15-6-5-14(16)12-3-2-4-13(12)15;5-3(6)1-2-4(7)8/h5-6,11H,2-4,7-10H2,1H3;1-2H,(H,5,6)(H,7,8). The van der Waals surface area contributed by atoms with Gasteiger partial charge in [0.2, 0.25) is 0 Å². The highest BCUT2D eigenvalue weighted by molar-refractivity contribution is 5.89. The van der Waals surface area contributed by atoms with E-state index < -0.39 is 11.9 Å². The van der Waals surface area contributed by atoms with E-state index in [0.717, 1.165) is 55.8 Å². The smallest absolute Gasteiger partial charge is 0.328 e. The number of nitrogens with zero attached hydrogens (tertiary/aromatic N) is 1. The van der Waals surface area contributed by atoms with Gasteiger partial charge in [-0.2, -0.15) is 0 Å². The van der Waals surface area contributed by atoms with Gasteiger partial charge in [-0.05, 0) is 44.0 Å². The quantitative estimate of drug-likeness (QED) is 0.750. The number of benzene rings is 1. The number of hydrogen-bond donors (Lipinski definition) is 2. The third-order valence-electron chi connectivity index (χ3n) is 4.32. The van der Waals surface area contributed by atoms with Gasteiger partial charge in [0.25, 0.3) is 0 Å². The highest BCUT2D eigenvalue weighted by Gasteiger charge is 2.22. The molecule has 1 fully saturated rings. The molecule has 0 bridgehead atoms. The molecule has 2 N–H and O–H groups in total. The maximum absolute atomic E-state index is 13.6. The van der Waals surface area contributed by atoms with Crippen LogP contribution in [-0.2, 0) is 27.2 Å². The van der Waals surface area contributed by atoms with Gasteiger partial charge in [0, 0.05) is 30.8 Å². The molecule has 0 spiro atoms. The van der Waals surface area contributed by atoms with Crippen molar-refractivity contribution >= 4 is 11.9 Å². The van der Waals surface area contributed by atoms with Crippen molar-refractivity contribution in [2.45, 2.75) is 25.4 Å². The van der Waals surface area contributed by atoms with Crippen LogP contribution in [0, 0.1) is 5.82 Å². The zero-order chi connectivity index (χ0) is 19.8. The predicted molar refractivity (Wildman–Crippen MR) is 95.6 cm³/mol. The van der Waals surface area contributed by atoms with Crippen molar-refractivity contribution in [1.29, 1.82) is 0 Å². The van der Waals surface area contributed by atoms with Gasteiger partial charge < -0.3 is 24.6 Å². The lowest BCUT2D eigenvalue weighted by Crippen LogP contribution is -2.42. The Kier molecular flexibility index (Phi) is 7.75. The maximum atomic E-state index is 13.6. The fourth-order valence-electron chi connectivity index (χ4n) is 3.06. The van der Waals surface area contributed by atoms with Gasteiger partial charge in [0.05, 0.1) is 6.61 Å². The number of rotatable bonds is 5. The van der Waals surface area contributed by atoms with Crippen LogP contribution in [0.5, 0.6) is 5.75 Å². The molecule has 0 amide bonds. The predicted octanol–water partition coefficient (Wildman–Crippen LogP) is 1.74. The molecule has 0 aromatic heterocycles. The average Bonchev–Trinajstić information content (AvgIpc) is 3.11. The number of carboxylic acids is 2. The molecular weight excluding hydrogens is 357 g/mol. The van der Waals surface area contributed by atoms with E-state index >= 15 is 0 Å². The van der Waals surface area contributed by atoms with Crippen LogP contribution in [0.2, 0.25) is 0 Å². The average molecular weight is 381 g/mol. The minimum Gasteiger partial charge on any atom is -0.491 e. The number of fused-ring (bicyclic) bond motifs is 1. The molecule has 1 unspecified atom stereocenters. The molecule has 27 heavy (non-hydrogen) atoms. The van der Waals surface area contributed by atoms with Crippen molar-refractivity contribution in [2.75, 3.05) is 33.4 Å². The number of carboxylic acid groups (broad SMARTS) is 2. The molecule has 1 heterocycles. The Morgan fingerprint density at radius 1 is 1.26 bits per heavy atom. The van der Waals surface area contributed by atoms with Crippen LogP contribution in [0.4, 0.5) is 4.39 Å². The summed E-state index contributed by atoms with van der Waals surface area (Å²) in [6.07, 6.45) is 4.01. The molecule has 1 saturated heterocycles. The molecule has 3 rings (SSSR count). The van der Waals surface area contributed by atoms with Crippen molar-refractivity contribution in [3.63, 3.8) is 0 Å². The zero-order valence-corrected chi connectivity index (χ0v) is 15.2. The lowest BCUT2D eigenvalue weighted by Gasteiger charge is -2.30. The first kappa shape index (κ1) is 20.9. The van der Waals surface area contributed by atoms with Crippen LogP contribution in [0.1, 0.15) is 17.5 Å². The fraction of sp³-hybridized carbons (Fsp3) is 0.474. The third-order valence-corrected chi connectivity index (χ3v) is 4.32. The molecule has 1 atom stereocenters. The molecule has 8 heteroatoms. The zero-order valence-electron chi connectivity index (χ0n) is 15.2. The summed E-state index contributed by atoms with van der Waals surface area (Å²) in [5.74, 6) is -1.76. The third kappa shape index (κ3) is 6.65. The summed E-state index contributed by atoms with van der Waals surface area (Å²) in [6, 6.07) is 3.28. The molecule has 148 valence electrons. The van der Waals surface area contributed by atoms with E-state index in [1.54, 1.807) is 6.07 Å². The molecule has 7 nitrogen and oxygen atoms in total. The first-order chi connectivity index (χ1) is 12.9. The number of hydrogen-bond acceptors (Lipinski definition) is 5. The van der Waals surface area contributed by atoms with E-state index in [2.05, 4.69) is 11.9 Å². The number of ether oxygens (including phenoxy) is 2. The fourth-order valence-corrected chi connectivity index (χ4v) is 3.06. The topological polar surface area (TPSA) is 96.3 Å². The van der Waals surface area contributed by atoms with Crippen LogP contribution in [0.25, 0.3) is 0 Å². The van der Waals surface area contributed by atoms with Crippen molar-refractivity contribution in [3.8, 4) is 5.75 Å². The summed E-state index contributed by atoms with van der Waals surface area (Å²) in [4.78, 5) is 21.3. The maximum Gasteiger partial charge on any atom is 0.328 e. The van der Waals surface area contributed by atoms with Gasteiger partial charge >= 0.3 is 11.9 Å². The molecule has 1 aliphatic heterocycles. The Morgan fingerprint density at radius 2 is 1.93 bits per heavy atom. The van der Waals surface area contributed by atoms with Crippen LogP contribution >= 0.6 is 0 Å². The number of halogens is 1. The van der Waals surface area contributed by atoms with Crippen LogP contribution in [0.15, 0.2) is 24.3 Å². The largest absolute Gasteiger partial charge is 0.491 e. The molecule has 1 aliphatic carbocycles. The SMILES string of the molecule is CN1CCOC(COc2ccc(F)c3c2CCC3)C1.O=C(O)C=CC(=O)O. The Hall–Kier alpha value is -2.45. The van der Waals surface area contributed by atoms with Crippen molar-refractivity contribution < 1.29 is 33.7 Å². The Morgan fingerprint density at radius 3 is 2.56 bits per heavy atom. The molecule has 1 aromatic carbocycles. The summed E-state index contributed by atoms with van der Waals surface area (Å²) in [5.41, 5.74) is 1.91. The monoisotopic (exact) mass is 381 g/mol. The van der Waals surface area contributed by atoms with Crippen LogP contribution in [0.3, 0.4) is 0 Å². The van der Waals surface area contributed by atoms with Gasteiger partial charge in [0.1, 0.15) is 24.3 Å². The highest BCUT2D eigenvalue weighted by atomic mass is 19.1. The van der Waals surface area contributed by atoms with E-state index in [1.807, 2.05) is 0 Å². The van der Waals surface area contributed by atoms with E-state index in [4.69, 9.17) is 19.7 Å². The van der Waals surface area contributed by atoms with Crippen LogP contribution in [-0.4, -0.2) is 66.5 Å². The van der Waals surface area contributed by atoms with Crippen molar-refractivity contribution in [3.05, 3.63) is 41.2 Å². The summed E-state index contributed by atoms with van der Waals surface area (Å²) in [7, 11) is 2.09. The highest BCUT2D eigenvalue weighted by Crippen LogP contribution is 2.32. The van der Waals surface area contributed by atoms with E-state index in [9.17, 15) is 14.0 Å². The van der Waals surface area contributed by atoms with Gasteiger partial charge in [-0.25, -0.2) is 14.0 Å². The number of likely N-dealkylation sites (N-methyl/N-ethyl adjacent to an activating group) is 1. The van der Waals surface area contributed by atoms with Crippen LogP contribution < -0.4 is 4.74 Å². The van der Waals surface area contributed by atoms with E-state index in [1.165, 1.54) is 6.07 Å². The first-order valence-electron chi connectivity index (χ1n) is 8.74. The van der Waals surface area contributed by atoms with Crippen molar-refractivity contribution in [1.82, 2.24) is 4.90 Å². The lowest BCUT2D eigenvalue weighted by atomic mass is 10.1. The molecule has 1 aromatic rings. The second-order valence-corrected chi connectivity index (χ2v) is 6.43. The number of carbonyl (C=O) groups is 2.